The third-order valence-electron chi connectivity index (χ3n) is 4.06. The van der Waals surface area contributed by atoms with Crippen molar-refractivity contribution in [2.75, 3.05) is 0 Å². The third-order valence-corrected chi connectivity index (χ3v) is 4.06. The van der Waals surface area contributed by atoms with E-state index in [9.17, 15) is 9.59 Å². The molecule has 1 aliphatic rings. The molecule has 2 aromatic carbocycles. The largest absolute Gasteiger partial charge is 0.366 e. The number of H-pyrrole nitrogens is 1. The van der Waals surface area contributed by atoms with Gasteiger partial charge in [-0.15, -0.1) is 0 Å². The lowest BCUT2D eigenvalue weighted by atomic mass is 10.0. The summed E-state index contributed by atoms with van der Waals surface area (Å²) in [7, 11) is 0. The lowest BCUT2D eigenvalue weighted by Crippen LogP contribution is -2.10. The Bertz CT molecular complexity index is 906. The summed E-state index contributed by atoms with van der Waals surface area (Å²) in [5, 5.41) is 2.01. The number of carbonyl (C=O) groups is 2. The van der Waals surface area contributed by atoms with Crippen LogP contribution >= 0.6 is 0 Å². The Morgan fingerprint density at radius 1 is 1.10 bits per heavy atom. The Morgan fingerprint density at radius 2 is 1.90 bits per heavy atom. The minimum Gasteiger partial charge on any atom is -0.366 e. The molecule has 20 heavy (non-hydrogen) atoms. The zero-order chi connectivity index (χ0) is 13.9. The van der Waals surface area contributed by atoms with E-state index >= 15 is 0 Å². The first-order valence-corrected chi connectivity index (χ1v) is 6.55. The fraction of sp³-hybridized carbons (Fsp3) is 0.125. The molecule has 0 bridgehead atoms. The molecular formula is C16H12N2O2. The zero-order valence-electron chi connectivity index (χ0n) is 10.7. The third kappa shape index (κ3) is 1.36. The molecule has 0 saturated heterocycles. The zero-order valence-corrected chi connectivity index (χ0v) is 10.7. The predicted octanol–water partition coefficient (Wildman–Crippen LogP) is 2.55. The van der Waals surface area contributed by atoms with Crippen LogP contribution in [0.3, 0.4) is 0 Å². The topological polar surface area (TPSA) is 76.0 Å². The number of ketones is 1. The quantitative estimate of drug-likeness (QED) is 0.708. The maximum absolute atomic E-state index is 11.9. The van der Waals surface area contributed by atoms with Gasteiger partial charge in [-0.3, -0.25) is 9.59 Å². The predicted molar refractivity (Wildman–Crippen MR) is 77.0 cm³/mol. The van der Waals surface area contributed by atoms with Crippen LogP contribution in [0.4, 0.5) is 0 Å². The Morgan fingerprint density at radius 3 is 2.70 bits per heavy atom. The first-order chi connectivity index (χ1) is 9.65. The molecule has 4 heteroatoms. The van der Waals surface area contributed by atoms with Crippen LogP contribution in [0.1, 0.15) is 32.7 Å². The van der Waals surface area contributed by atoms with Crippen molar-refractivity contribution in [3.05, 3.63) is 47.0 Å². The van der Waals surface area contributed by atoms with Gasteiger partial charge in [0.1, 0.15) is 0 Å². The van der Waals surface area contributed by atoms with Crippen LogP contribution in [0, 0.1) is 0 Å². The number of hydrogen-bond acceptors (Lipinski definition) is 2. The van der Waals surface area contributed by atoms with Gasteiger partial charge in [-0.2, -0.15) is 0 Å². The molecule has 1 amide bonds. The molecule has 0 radical (unpaired) electrons. The number of fused-ring (bicyclic) bond motifs is 5. The second-order valence-corrected chi connectivity index (χ2v) is 5.19. The van der Waals surface area contributed by atoms with Crippen LogP contribution in [0.2, 0.25) is 0 Å². The Balaban J connectivity index is 2.16. The number of amides is 1. The van der Waals surface area contributed by atoms with Gasteiger partial charge in [0.15, 0.2) is 5.78 Å². The number of primary amides is 1. The van der Waals surface area contributed by atoms with Gasteiger partial charge >= 0.3 is 0 Å². The summed E-state index contributed by atoms with van der Waals surface area (Å²) >= 11 is 0. The fourth-order valence-electron chi connectivity index (χ4n) is 3.11. The number of aryl methyl sites for hydroxylation is 1. The van der Waals surface area contributed by atoms with E-state index in [-0.39, 0.29) is 5.78 Å². The van der Waals surface area contributed by atoms with Crippen molar-refractivity contribution in [3.63, 3.8) is 0 Å². The lowest BCUT2D eigenvalue weighted by molar-refractivity contribution is 0.0988. The highest BCUT2D eigenvalue weighted by molar-refractivity contribution is 6.15. The number of nitrogens with two attached hydrogens (primary N) is 1. The van der Waals surface area contributed by atoms with E-state index in [1.807, 2.05) is 18.2 Å². The number of benzene rings is 2. The highest BCUT2D eigenvalue weighted by atomic mass is 16.1. The molecule has 4 nitrogen and oxygen atoms in total. The highest BCUT2D eigenvalue weighted by Gasteiger charge is 2.23. The Kier molecular flexibility index (Phi) is 2.07. The van der Waals surface area contributed by atoms with E-state index in [0.29, 0.717) is 12.0 Å². The molecule has 3 N–H and O–H groups in total. The maximum atomic E-state index is 11.9. The molecule has 1 heterocycles. The Labute approximate surface area is 114 Å². The molecule has 1 aliphatic carbocycles. The second kappa shape index (κ2) is 3.70. The number of aromatic amines is 1. The number of nitrogens with one attached hydrogen (secondary N) is 1. The van der Waals surface area contributed by atoms with Crippen molar-refractivity contribution < 1.29 is 9.59 Å². The van der Waals surface area contributed by atoms with Crippen molar-refractivity contribution in [3.8, 4) is 0 Å². The van der Waals surface area contributed by atoms with E-state index in [2.05, 4.69) is 4.98 Å². The molecule has 98 valence electrons. The van der Waals surface area contributed by atoms with Crippen LogP contribution in [0.25, 0.3) is 21.8 Å². The number of hydrogen-bond donors (Lipinski definition) is 2. The molecule has 0 saturated carbocycles. The van der Waals surface area contributed by atoms with Crippen LogP contribution in [-0.4, -0.2) is 16.7 Å². The fourth-order valence-corrected chi connectivity index (χ4v) is 3.11. The minimum atomic E-state index is -0.440. The summed E-state index contributed by atoms with van der Waals surface area (Å²) in [6.07, 6.45) is 1.33. The van der Waals surface area contributed by atoms with Crippen molar-refractivity contribution in [1.29, 1.82) is 0 Å². The van der Waals surface area contributed by atoms with Crippen LogP contribution in [0.15, 0.2) is 30.3 Å². The summed E-state index contributed by atoms with van der Waals surface area (Å²) in [6, 6.07) is 9.20. The van der Waals surface area contributed by atoms with E-state index in [1.54, 1.807) is 12.1 Å². The van der Waals surface area contributed by atoms with Gasteiger partial charge in [0.2, 0.25) is 5.91 Å². The van der Waals surface area contributed by atoms with Crippen LogP contribution < -0.4 is 5.73 Å². The van der Waals surface area contributed by atoms with Crippen molar-refractivity contribution >= 4 is 33.5 Å². The van der Waals surface area contributed by atoms with E-state index in [4.69, 9.17) is 5.73 Å². The molecule has 4 rings (SSSR count). The average molecular weight is 264 g/mol. The molecule has 1 aromatic heterocycles. The van der Waals surface area contributed by atoms with Gasteiger partial charge in [-0.1, -0.05) is 0 Å². The maximum Gasteiger partial charge on any atom is 0.248 e. The van der Waals surface area contributed by atoms with Gasteiger partial charge in [0.05, 0.1) is 0 Å². The number of aromatic nitrogens is 1. The van der Waals surface area contributed by atoms with Gasteiger partial charge in [-0.25, -0.2) is 0 Å². The summed E-state index contributed by atoms with van der Waals surface area (Å²) in [5.74, 6) is -0.243. The molecule has 0 fully saturated rings. The monoisotopic (exact) mass is 264 g/mol. The molecule has 0 unspecified atom stereocenters. The average Bonchev–Trinajstić information content (AvgIpc) is 2.98. The second-order valence-electron chi connectivity index (χ2n) is 5.19. The minimum absolute atomic E-state index is 0.197. The number of Topliss-reactive ketones (excluding diaryl/α,β-unsaturated/α-hetero) is 1. The van der Waals surface area contributed by atoms with Crippen LogP contribution in [-0.2, 0) is 6.42 Å². The van der Waals surface area contributed by atoms with E-state index < -0.39 is 5.91 Å². The summed E-state index contributed by atoms with van der Waals surface area (Å²) < 4.78 is 0. The standard InChI is InChI=1S/C16H12N2O2/c17-16(20)8-1-4-12-11(7-8)15-10-3-6-14(19)9(10)2-5-13(15)18-12/h1-2,4-5,7,18H,3,6H2,(H2,17,20). The van der Waals surface area contributed by atoms with Gasteiger partial charge < -0.3 is 10.7 Å². The van der Waals surface area contributed by atoms with Crippen LogP contribution in [0.5, 0.6) is 0 Å². The smallest absolute Gasteiger partial charge is 0.248 e. The van der Waals surface area contributed by atoms with Crippen molar-refractivity contribution in [2.24, 2.45) is 5.73 Å². The molecule has 0 aliphatic heterocycles. The van der Waals surface area contributed by atoms with Crippen molar-refractivity contribution in [2.45, 2.75) is 12.8 Å². The normalized spacial score (nSPS) is 14.1. The van der Waals surface area contributed by atoms with E-state index in [1.165, 1.54) is 0 Å². The van der Waals surface area contributed by atoms with Crippen molar-refractivity contribution in [1.82, 2.24) is 4.98 Å². The molecule has 3 aromatic rings. The summed E-state index contributed by atoms with van der Waals surface area (Å²) in [6.45, 7) is 0. The van der Waals surface area contributed by atoms with E-state index in [0.717, 1.165) is 39.4 Å². The molecule has 0 atom stereocenters. The number of rotatable bonds is 1. The van der Waals surface area contributed by atoms with Gasteiger partial charge in [0.25, 0.3) is 0 Å². The first-order valence-electron chi connectivity index (χ1n) is 6.55. The summed E-state index contributed by atoms with van der Waals surface area (Å²) in [4.78, 5) is 26.5. The highest BCUT2D eigenvalue weighted by Crippen LogP contribution is 2.35. The molecule has 0 spiro atoms. The molecular weight excluding hydrogens is 252 g/mol. The SMILES string of the molecule is NC(=O)c1ccc2[nH]c3ccc4c(c3c2c1)CCC4=O. The Hall–Kier alpha value is -2.62. The lowest BCUT2D eigenvalue weighted by Gasteiger charge is -2.01. The summed E-state index contributed by atoms with van der Waals surface area (Å²) in [5.41, 5.74) is 9.68. The van der Waals surface area contributed by atoms with Gasteiger partial charge in [0, 0.05) is 39.4 Å². The number of carbonyl (C=O) groups excluding carboxylic acids is 2. The van der Waals surface area contributed by atoms with Gasteiger partial charge in [-0.05, 0) is 42.3 Å². The first kappa shape index (κ1) is 11.2.